The quantitative estimate of drug-likeness (QED) is 0.679. The van der Waals surface area contributed by atoms with Crippen LogP contribution in [0.1, 0.15) is 21.6 Å². The number of carbonyl (C=O) groups excluding carboxylic acids is 1. The van der Waals surface area contributed by atoms with Gasteiger partial charge in [0, 0.05) is 5.39 Å². The number of hydrogen-bond acceptors (Lipinski definition) is 3. The van der Waals surface area contributed by atoms with E-state index in [1.54, 1.807) is 0 Å². The number of hydrogen-bond donors (Lipinski definition) is 1. The number of carbonyl (C=O) groups is 1. The van der Waals surface area contributed by atoms with Crippen molar-refractivity contribution >= 4 is 16.9 Å². The lowest BCUT2D eigenvalue weighted by molar-refractivity contribution is 0.0591. The van der Waals surface area contributed by atoms with Crippen molar-refractivity contribution in [2.45, 2.75) is 13.8 Å². The summed E-state index contributed by atoms with van der Waals surface area (Å²) in [5.74, 6) is 2.39. The Hall–Kier alpha value is -2.41. The van der Waals surface area contributed by atoms with Crippen LogP contribution in [0.4, 0.5) is 0 Å². The van der Waals surface area contributed by atoms with E-state index in [-0.39, 0.29) is 6.61 Å². The van der Waals surface area contributed by atoms with Gasteiger partial charge in [-0.1, -0.05) is 18.1 Å². The third-order valence-corrected chi connectivity index (χ3v) is 3.02. The van der Waals surface area contributed by atoms with E-state index >= 15 is 0 Å². The number of rotatable bonds is 3. The van der Waals surface area contributed by atoms with Gasteiger partial charge in [-0.15, -0.1) is 6.42 Å². The molecule has 0 aliphatic carbocycles. The summed E-state index contributed by atoms with van der Waals surface area (Å²) in [6.45, 7) is 4.02. The standard InChI is InChI=1S/C15H15NO3/c1-5-8-19-14-11-9(2)6-7-10(3)12(11)16-13(14)15(17)18-4/h1,6-7,16H,8H2,2-4H3. The second-order valence-corrected chi connectivity index (χ2v) is 4.26. The number of methoxy groups -OCH3 is 1. The van der Waals surface area contributed by atoms with E-state index in [9.17, 15) is 4.79 Å². The van der Waals surface area contributed by atoms with Crippen LogP contribution < -0.4 is 4.74 Å². The molecule has 1 aromatic carbocycles. The minimum Gasteiger partial charge on any atom is -0.478 e. The normalized spacial score (nSPS) is 10.2. The predicted molar refractivity (Wildman–Crippen MR) is 73.4 cm³/mol. The van der Waals surface area contributed by atoms with Crippen LogP contribution in [0.5, 0.6) is 5.75 Å². The molecule has 1 aromatic heterocycles. The summed E-state index contributed by atoms with van der Waals surface area (Å²) in [7, 11) is 1.33. The van der Waals surface area contributed by atoms with E-state index in [0.29, 0.717) is 11.4 Å². The number of ether oxygens (including phenoxy) is 2. The van der Waals surface area contributed by atoms with Crippen LogP contribution in [0.25, 0.3) is 10.9 Å². The highest BCUT2D eigenvalue weighted by Crippen LogP contribution is 2.34. The van der Waals surface area contributed by atoms with Crippen molar-refractivity contribution in [1.29, 1.82) is 0 Å². The molecule has 19 heavy (non-hydrogen) atoms. The zero-order valence-corrected chi connectivity index (χ0v) is 11.2. The molecule has 4 heteroatoms. The van der Waals surface area contributed by atoms with Crippen LogP contribution in [-0.2, 0) is 4.74 Å². The Kier molecular flexibility index (Phi) is 3.48. The summed E-state index contributed by atoms with van der Waals surface area (Å²) >= 11 is 0. The molecule has 0 atom stereocenters. The molecule has 0 radical (unpaired) electrons. The summed E-state index contributed by atoms with van der Waals surface area (Å²) < 4.78 is 10.3. The molecule has 4 nitrogen and oxygen atoms in total. The van der Waals surface area contributed by atoms with Gasteiger partial charge in [0.25, 0.3) is 0 Å². The first kappa shape index (κ1) is 13.0. The SMILES string of the molecule is C#CCOc1c(C(=O)OC)[nH]c2c(C)ccc(C)c12. The molecule has 0 saturated carbocycles. The van der Waals surface area contributed by atoms with Crippen molar-refractivity contribution in [1.82, 2.24) is 4.98 Å². The second kappa shape index (κ2) is 5.07. The van der Waals surface area contributed by atoms with Gasteiger partial charge in [-0.25, -0.2) is 4.79 Å². The summed E-state index contributed by atoms with van der Waals surface area (Å²) in [6, 6.07) is 3.97. The van der Waals surface area contributed by atoms with Crippen molar-refractivity contribution in [2.75, 3.05) is 13.7 Å². The molecule has 98 valence electrons. The molecule has 0 saturated heterocycles. The third kappa shape index (κ3) is 2.15. The minimum atomic E-state index is -0.470. The Morgan fingerprint density at radius 2 is 2.05 bits per heavy atom. The summed E-state index contributed by atoms with van der Waals surface area (Å²) in [4.78, 5) is 14.9. The van der Waals surface area contributed by atoms with E-state index in [2.05, 4.69) is 10.9 Å². The summed E-state index contributed by atoms with van der Waals surface area (Å²) in [5, 5.41) is 0.871. The smallest absolute Gasteiger partial charge is 0.358 e. The molecule has 1 N–H and O–H groups in total. The van der Waals surface area contributed by atoms with Crippen molar-refractivity contribution in [3.63, 3.8) is 0 Å². The van der Waals surface area contributed by atoms with E-state index in [4.69, 9.17) is 15.9 Å². The monoisotopic (exact) mass is 257 g/mol. The molecular weight excluding hydrogens is 242 g/mol. The average Bonchev–Trinajstić information content (AvgIpc) is 2.80. The van der Waals surface area contributed by atoms with E-state index in [1.807, 2.05) is 26.0 Å². The molecule has 0 aliphatic rings. The molecular formula is C15H15NO3. The molecule has 2 rings (SSSR count). The average molecular weight is 257 g/mol. The zero-order valence-electron chi connectivity index (χ0n) is 11.2. The Morgan fingerprint density at radius 3 is 2.68 bits per heavy atom. The van der Waals surface area contributed by atoms with Gasteiger partial charge in [0.1, 0.15) is 6.61 Å². The Bertz CT molecular complexity index is 677. The highest BCUT2D eigenvalue weighted by molar-refractivity contribution is 6.03. The van der Waals surface area contributed by atoms with E-state index in [1.165, 1.54) is 7.11 Å². The summed E-state index contributed by atoms with van der Waals surface area (Å²) in [5.41, 5.74) is 3.21. The van der Waals surface area contributed by atoms with Crippen LogP contribution in [-0.4, -0.2) is 24.7 Å². The van der Waals surface area contributed by atoms with Crippen LogP contribution in [0, 0.1) is 26.2 Å². The number of terminal acetylenes is 1. The van der Waals surface area contributed by atoms with Gasteiger partial charge in [-0.3, -0.25) is 0 Å². The molecule has 1 heterocycles. The number of H-pyrrole nitrogens is 1. The highest BCUT2D eigenvalue weighted by Gasteiger charge is 2.21. The third-order valence-electron chi connectivity index (χ3n) is 3.02. The molecule has 0 fully saturated rings. The van der Waals surface area contributed by atoms with Crippen molar-refractivity contribution < 1.29 is 14.3 Å². The van der Waals surface area contributed by atoms with Gasteiger partial charge < -0.3 is 14.5 Å². The number of benzene rings is 1. The van der Waals surface area contributed by atoms with Crippen LogP contribution >= 0.6 is 0 Å². The second-order valence-electron chi connectivity index (χ2n) is 4.26. The molecule has 0 amide bonds. The topological polar surface area (TPSA) is 51.3 Å². The van der Waals surface area contributed by atoms with Crippen molar-refractivity contribution in [2.24, 2.45) is 0 Å². The first-order chi connectivity index (χ1) is 9.10. The van der Waals surface area contributed by atoms with Crippen LogP contribution in [0.15, 0.2) is 12.1 Å². The number of esters is 1. The zero-order chi connectivity index (χ0) is 14.0. The van der Waals surface area contributed by atoms with Crippen molar-refractivity contribution in [3.8, 4) is 18.1 Å². The Labute approximate surface area is 111 Å². The minimum absolute atomic E-state index is 0.102. The van der Waals surface area contributed by atoms with Gasteiger partial charge in [0.2, 0.25) is 0 Å². The predicted octanol–water partition coefficient (Wildman–Crippen LogP) is 2.58. The maximum Gasteiger partial charge on any atom is 0.358 e. The maximum absolute atomic E-state index is 11.8. The first-order valence-electron chi connectivity index (χ1n) is 5.86. The van der Waals surface area contributed by atoms with Gasteiger partial charge in [-0.05, 0) is 25.0 Å². The number of fused-ring (bicyclic) bond motifs is 1. The lowest BCUT2D eigenvalue weighted by Gasteiger charge is -2.05. The highest BCUT2D eigenvalue weighted by atomic mass is 16.5. The fourth-order valence-electron chi connectivity index (χ4n) is 2.08. The lowest BCUT2D eigenvalue weighted by Crippen LogP contribution is -2.05. The van der Waals surface area contributed by atoms with Crippen LogP contribution in [0.2, 0.25) is 0 Å². The Morgan fingerprint density at radius 1 is 1.37 bits per heavy atom. The number of aryl methyl sites for hydroxylation is 2. The molecule has 0 aliphatic heterocycles. The molecule has 0 spiro atoms. The van der Waals surface area contributed by atoms with Gasteiger partial charge >= 0.3 is 5.97 Å². The van der Waals surface area contributed by atoms with Gasteiger partial charge in [0.05, 0.1) is 12.6 Å². The lowest BCUT2D eigenvalue weighted by atomic mass is 10.1. The van der Waals surface area contributed by atoms with E-state index < -0.39 is 5.97 Å². The largest absolute Gasteiger partial charge is 0.478 e. The van der Waals surface area contributed by atoms with Crippen molar-refractivity contribution in [3.05, 3.63) is 29.0 Å². The van der Waals surface area contributed by atoms with E-state index in [0.717, 1.165) is 22.0 Å². The number of aromatic nitrogens is 1. The molecule has 2 aromatic rings. The number of nitrogens with one attached hydrogen (secondary N) is 1. The van der Waals surface area contributed by atoms with Crippen LogP contribution in [0.3, 0.4) is 0 Å². The Balaban J connectivity index is 2.74. The fourth-order valence-corrected chi connectivity index (χ4v) is 2.08. The molecule has 0 bridgehead atoms. The first-order valence-corrected chi connectivity index (χ1v) is 5.86. The molecule has 0 unspecified atom stereocenters. The summed E-state index contributed by atoms with van der Waals surface area (Å²) in [6.07, 6.45) is 5.21. The fraction of sp³-hybridized carbons (Fsp3) is 0.267. The van der Waals surface area contributed by atoms with Gasteiger partial charge in [-0.2, -0.15) is 0 Å². The number of aromatic amines is 1. The van der Waals surface area contributed by atoms with Gasteiger partial charge in [0.15, 0.2) is 11.4 Å². The maximum atomic E-state index is 11.8.